The van der Waals surface area contributed by atoms with Gasteiger partial charge in [0.05, 0.1) is 11.4 Å². The number of hydrogen-bond donors (Lipinski definition) is 1. The third-order valence-electron chi connectivity index (χ3n) is 4.12. The van der Waals surface area contributed by atoms with Gasteiger partial charge in [0.1, 0.15) is 0 Å². The molecule has 0 saturated heterocycles. The Morgan fingerprint density at radius 3 is 2.45 bits per heavy atom. The van der Waals surface area contributed by atoms with Crippen LogP contribution in [0.25, 0.3) is 0 Å². The van der Waals surface area contributed by atoms with E-state index >= 15 is 0 Å². The van der Waals surface area contributed by atoms with Gasteiger partial charge in [0.25, 0.3) is 0 Å². The summed E-state index contributed by atoms with van der Waals surface area (Å²) in [6.07, 6.45) is 1.18. The quantitative estimate of drug-likeness (QED) is 0.861. The van der Waals surface area contributed by atoms with Crippen molar-refractivity contribution in [1.29, 1.82) is 0 Å². The maximum atomic E-state index is 3.62. The van der Waals surface area contributed by atoms with Gasteiger partial charge in [0.15, 0.2) is 0 Å². The van der Waals surface area contributed by atoms with Gasteiger partial charge in [-0.15, -0.1) is 0 Å². The molecule has 1 N–H and O–H groups in total. The first-order valence-electron chi connectivity index (χ1n) is 7.91. The lowest BCUT2D eigenvalue weighted by molar-refractivity contribution is 0.480. The van der Waals surface area contributed by atoms with Gasteiger partial charge in [-0.3, -0.25) is 0 Å². The largest absolute Gasteiger partial charge is 0.371 e. The molecule has 0 aromatic heterocycles. The van der Waals surface area contributed by atoms with Crippen LogP contribution in [0.4, 0.5) is 11.4 Å². The van der Waals surface area contributed by atoms with Crippen LogP contribution in [-0.4, -0.2) is 39.3 Å². The molecule has 0 aliphatic carbocycles. The Hall–Kier alpha value is -1.22. The van der Waals surface area contributed by atoms with E-state index < -0.39 is 0 Å². The molecule has 1 aliphatic rings. The lowest BCUT2D eigenvalue weighted by atomic mass is 10.1. The minimum atomic E-state index is 0.587. The predicted octanol–water partition coefficient (Wildman–Crippen LogP) is 2.97. The highest BCUT2D eigenvalue weighted by Gasteiger charge is 2.24. The Bertz CT molecular complexity index is 416. The van der Waals surface area contributed by atoms with Crippen molar-refractivity contribution in [2.45, 2.75) is 33.2 Å². The van der Waals surface area contributed by atoms with Crippen molar-refractivity contribution >= 4 is 11.4 Å². The molecular formula is C17H29N3. The van der Waals surface area contributed by atoms with E-state index in [9.17, 15) is 0 Å². The smallest absolute Gasteiger partial charge is 0.0607 e. The predicted molar refractivity (Wildman–Crippen MR) is 88.8 cm³/mol. The van der Waals surface area contributed by atoms with Crippen molar-refractivity contribution in [1.82, 2.24) is 5.32 Å². The topological polar surface area (TPSA) is 18.5 Å². The van der Waals surface area contributed by atoms with Gasteiger partial charge in [-0.25, -0.2) is 0 Å². The molecule has 0 fully saturated rings. The molecular weight excluding hydrogens is 246 g/mol. The van der Waals surface area contributed by atoms with Crippen LogP contribution >= 0.6 is 0 Å². The second-order valence-electron chi connectivity index (χ2n) is 6.22. The summed E-state index contributed by atoms with van der Waals surface area (Å²) < 4.78 is 0. The summed E-state index contributed by atoms with van der Waals surface area (Å²) in [6.45, 7) is 11.2. The van der Waals surface area contributed by atoms with Crippen LogP contribution in [0.3, 0.4) is 0 Å². The van der Waals surface area contributed by atoms with Crippen LogP contribution in [0.1, 0.15) is 27.2 Å². The van der Waals surface area contributed by atoms with E-state index in [2.05, 4.69) is 67.2 Å². The summed E-state index contributed by atoms with van der Waals surface area (Å²) in [4.78, 5) is 4.95. The van der Waals surface area contributed by atoms with Crippen LogP contribution in [0.5, 0.6) is 0 Å². The number of para-hydroxylation sites is 2. The summed E-state index contributed by atoms with van der Waals surface area (Å²) >= 11 is 0. The molecule has 1 unspecified atom stereocenters. The number of rotatable bonds is 6. The monoisotopic (exact) mass is 275 g/mol. The minimum absolute atomic E-state index is 0.587. The molecule has 2 rings (SSSR count). The Balaban J connectivity index is 2.09. The first kappa shape index (κ1) is 15.2. The van der Waals surface area contributed by atoms with E-state index in [1.54, 1.807) is 0 Å². The van der Waals surface area contributed by atoms with Gasteiger partial charge in [-0.05, 0) is 31.0 Å². The van der Waals surface area contributed by atoms with Crippen molar-refractivity contribution in [3.8, 4) is 0 Å². The molecule has 1 aliphatic heterocycles. The lowest BCUT2D eigenvalue weighted by Gasteiger charge is -2.41. The second kappa shape index (κ2) is 6.98. The molecule has 0 bridgehead atoms. The molecule has 20 heavy (non-hydrogen) atoms. The molecule has 1 aromatic carbocycles. The third-order valence-corrected chi connectivity index (χ3v) is 4.12. The summed E-state index contributed by atoms with van der Waals surface area (Å²) in [6, 6.07) is 9.37. The number of nitrogens with one attached hydrogen (secondary N) is 1. The van der Waals surface area contributed by atoms with Crippen LogP contribution in [0, 0.1) is 5.92 Å². The Kier molecular flexibility index (Phi) is 5.30. The van der Waals surface area contributed by atoms with E-state index in [0.29, 0.717) is 12.0 Å². The molecule has 0 radical (unpaired) electrons. The number of likely N-dealkylation sites (N-methyl/N-ethyl adjacent to an activating group) is 1. The zero-order valence-corrected chi connectivity index (χ0v) is 13.4. The zero-order chi connectivity index (χ0) is 14.5. The zero-order valence-electron chi connectivity index (χ0n) is 13.4. The fourth-order valence-corrected chi connectivity index (χ4v) is 2.92. The average Bonchev–Trinajstić information content (AvgIpc) is 2.45. The SMILES string of the molecule is CCC(CNCC(C)C)N1CCN(C)c2ccccc21. The lowest BCUT2D eigenvalue weighted by Crippen LogP contribution is -2.48. The number of anilines is 2. The molecule has 3 nitrogen and oxygen atoms in total. The molecule has 0 amide bonds. The molecule has 0 saturated carbocycles. The minimum Gasteiger partial charge on any atom is -0.371 e. The van der Waals surface area contributed by atoms with Gasteiger partial charge in [0.2, 0.25) is 0 Å². The first-order chi connectivity index (χ1) is 9.63. The number of hydrogen-bond acceptors (Lipinski definition) is 3. The highest BCUT2D eigenvalue weighted by Crippen LogP contribution is 2.33. The fraction of sp³-hybridized carbons (Fsp3) is 0.647. The van der Waals surface area contributed by atoms with E-state index in [4.69, 9.17) is 0 Å². The van der Waals surface area contributed by atoms with E-state index in [-0.39, 0.29) is 0 Å². The van der Waals surface area contributed by atoms with E-state index in [0.717, 1.165) is 26.2 Å². The van der Waals surface area contributed by atoms with Crippen molar-refractivity contribution in [3.05, 3.63) is 24.3 Å². The second-order valence-corrected chi connectivity index (χ2v) is 6.22. The van der Waals surface area contributed by atoms with Crippen molar-refractivity contribution in [3.63, 3.8) is 0 Å². The van der Waals surface area contributed by atoms with Crippen LogP contribution in [-0.2, 0) is 0 Å². The molecule has 1 atom stereocenters. The van der Waals surface area contributed by atoms with Crippen molar-refractivity contribution in [2.75, 3.05) is 43.0 Å². The van der Waals surface area contributed by atoms with Gasteiger partial charge in [0, 0.05) is 32.7 Å². The van der Waals surface area contributed by atoms with Crippen LogP contribution in [0.15, 0.2) is 24.3 Å². The Morgan fingerprint density at radius 2 is 1.80 bits per heavy atom. The number of nitrogens with zero attached hydrogens (tertiary/aromatic N) is 2. The highest BCUT2D eigenvalue weighted by atomic mass is 15.3. The van der Waals surface area contributed by atoms with Gasteiger partial charge in [-0.1, -0.05) is 32.9 Å². The average molecular weight is 275 g/mol. The van der Waals surface area contributed by atoms with Crippen molar-refractivity contribution < 1.29 is 0 Å². The Labute approximate surface area is 124 Å². The van der Waals surface area contributed by atoms with Gasteiger partial charge in [-0.2, -0.15) is 0 Å². The maximum Gasteiger partial charge on any atom is 0.0607 e. The normalized spacial score (nSPS) is 16.4. The first-order valence-corrected chi connectivity index (χ1v) is 7.91. The summed E-state index contributed by atoms with van der Waals surface area (Å²) in [7, 11) is 2.19. The van der Waals surface area contributed by atoms with E-state index in [1.165, 1.54) is 17.8 Å². The van der Waals surface area contributed by atoms with Crippen LogP contribution in [0.2, 0.25) is 0 Å². The number of benzene rings is 1. The molecule has 112 valence electrons. The molecule has 3 heteroatoms. The van der Waals surface area contributed by atoms with Gasteiger partial charge < -0.3 is 15.1 Å². The molecule has 1 heterocycles. The van der Waals surface area contributed by atoms with E-state index in [1.807, 2.05) is 0 Å². The maximum absolute atomic E-state index is 3.62. The number of fused-ring (bicyclic) bond motifs is 1. The van der Waals surface area contributed by atoms with Crippen molar-refractivity contribution in [2.24, 2.45) is 5.92 Å². The molecule has 1 aromatic rings. The standard InChI is InChI=1S/C17H29N3/c1-5-15(13-18-12-14(2)3)20-11-10-19(4)16-8-6-7-9-17(16)20/h6-9,14-15,18H,5,10-13H2,1-4H3. The third kappa shape index (κ3) is 3.45. The van der Waals surface area contributed by atoms with Gasteiger partial charge >= 0.3 is 0 Å². The van der Waals surface area contributed by atoms with Crippen LogP contribution < -0.4 is 15.1 Å². The summed E-state index contributed by atoms with van der Waals surface area (Å²) in [5.74, 6) is 0.715. The summed E-state index contributed by atoms with van der Waals surface area (Å²) in [5, 5.41) is 3.62. The molecule has 0 spiro atoms. The fourth-order valence-electron chi connectivity index (χ4n) is 2.92. The highest BCUT2D eigenvalue weighted by molar-refractivity contribution is 5.73. The summed E-state index contributed by atoms with van der Waals surface area (Å²) in [5.41, 5.74) is 2.75. The Morgan fingerprint density at radius 1 is 1.10 bits per heavy atom.